The lowest BCUT2D eigenvalue weighted by Gasteiger charge is -2.33. The van der Waals surface area contributed by atoms with E-state index in [1.165, 1.54) is 0 Å². The monoisotopic (exact) mass is 384 g/mol. The molecule has 0 aliphatic carbocycles. The van der Waals surface area contributed by atoms with E-state index in [1.54, 1.807) is 11.0 Å². The summed E-state index contributed by atoms with van der Waals surface area (Å²) >= 11 is 5.96. The zero-order valence-corrected chi connectivity index (χ0v) is 15.7. The predicted molar refractivity (Wildman–Crippen MR) is 104 cm³/mol. The number of nitrogens with zero attached hydrogens (tertiary/aromatic N) is 2. The molecule has 2 aliphatic heterocycles. The fraction of sp³-hybridized carbons (Fsp3) is 0.333. The maximum Gasteiger partial charge on any atom is 0.254 e. The summed E-state index contributed by atoms with van der Waals surface area (Å²) in [7, 11) is 0. The smallest absolute Gasteiger partial charge is 0.254 e. The molecule has 140 valence electrons. The van der Waals surface area contributed by atoms with Crippen molar-refractivity contribution in [1.82, 2.24) is 4.90 Å². The second-order valence-corrected chi connectivity index (χ2v) is 7.30. The zero-order valence-electron chi connectivity index (χ0n) is 14.9. The molecule has 0 bridgehead atoms. The lowest BCUT2D eigenvalue weighted by molar-refractivity contribution is -0.117. The van der Waals surface area contributed by atoms with Crippen molar-refractivity contribution < 1.29 is 14.3 Å². The highest BCUT2D eigenvalue weighted by Gasteiger charge is 2.27. The van der Waals surface area contributed by atoms with Crippen molar-refractivity contribution in [2.24, 2.45) is 0 Å². The van der Waals surface area contributed by atoms with Gasteiger partial charge in [-0.2, -0.15) is 0 Å². The molecule has 0 aromatic heterocycles. The van der Waals surface area contributed by atoms with Gasteiger partial charge in [-0.05, 0) is 42.3 Å². The fourth-order valence-corrected chi connectivity index (χ4v) is 3.75. The van der Waals surface area contributed by atoms with E-state index in [-0.39, 0.29) is 17.9 Å². The Labute approximate surface area is 163 Å². The van der Waals surface area contributed by atoms with E-state index in [0.29, 0.717) is 43.2 Å². The Morgan fingerprint density at radius 3 is 2.67 bits per heavy atom. The van der Waals surface area contributed by atoms with Gasteiger partial charge in [0.25, 0.3) is 5.91 Å². The summed E-state index contributed by atoms with van der Waals surface area (Å²) in [5.41, 5.74) is 2.41. The van der Waals surface area contributed by atoms with Crippen LogP contribution in [0.3, 0.4) is 0 Å². The van der Waals surface area contributed by atoms with Crippen molar-refractivity contribution in [2.45, 2.75) is 18.9 Å². The molecule has 0 N–H and O–H groups in total. The largest absolute Gasteiger partial charge is 0.370 e. The van der Waals surface area contributed by atoms with Crippen LogP contribution in [0.25, 0.3) is 0 Å². The lowest BCUT2D eigenvalue weighted by atomic mass is 10.1. The molecule has 27 heavy (non-hydrogen) atoms. The number of carbonyl (C=O) groups excluding carboxylic acids is 2. The molecule has 0 spiro atoms. The third-order valence-corrected chi connectivity index (χ3v) is 5.33. The normalized spacial score (nSPS) is 20.2. The van der Waals surface area contributed by atoms with Crippen molar-refractivity contribution in [3.8, 4) is 0 Å². The lowest BCUT2D eigenvalue weighted by Crippen LogP contribution is -2.42. The SMILES string of the molecule is O=C(c1cccc(N2CCCC2=O)c1)N1CCOC(c2ccc(Cl)cc2)C1. The van der Waals surface area contributed by atoms with E-state index in [4.69, 9.17) is 16.3 Å². The van der Waals surface area contributed by atoms with E-state index < -0.39 is 0 Å². The van der Waals surface area contributed by atoms with Crippen molar-refractivity contribution in [2.75, 3.05) is 31.1 Å². The summed E-state index contributed by atoms with van der Waals surface area (Å²) in [4.78, 5) is 28.6. The summed E-state index contributed by atoms with van der Waals surface area (Å²) < 4.78 is 5.85. The van der Waals surface area contributed by atoms with E-state index >= 15 is 0 Å². The van der Waals surface area contributed by atoms with Crippen LogP contribution in [-0.4, -0.2) is 43.0 Å². The summed E-state index contributed by atoms with van der Waals surface area (Å²) in [5.74, 6) is 0.0829. The second kappa shape index (κ2) is 7.71. The van der Waals surface area contributed by atoms with E-state index in [0.717, 1.165) is 17.7 Å². The van der Waals surface area contributed by atoms with Crippen molar-refractivity contribution >= 4 is 29.1 Å². The summed E-state index contributed by atoms with van der Waals surface area (Å²) in [6, 6.07) is 14.9. The van der Waals surface area contributed by atoms with Gasteiger partial charge >= 0.3 is 0 Å². The van der Waals surface area contributed by atoms with Gasteiger partial charge < -0.3 is 14.5 Å². The van der Waals surface area contributed by atoms with Gasteiger partial charge in [0.2, 0.25) is 5.91 Å². The van der Waals surface area contributed by atoms with Crippen LogP contribution in [0.5, 0.6) is 0 Å². The average molecular weight is 385 g/mol. The maximum absolute atomic E-state index is 13.0. The van der Waals surface area contributed by atoms with Gasteiger partial charge in [-0.3, -0.25) is 9.59 Å². The number of halogens is 1. The van der Waals surface area contributed by atoms with Crippen molar-refractivity contribution in [1.29, 1.82) is 0 Å². The number of morpholine rings is 1. The van der Waals surface area contributed by atoms with Crippen LogP contribution in [0, 0.1) is 0 Å². The van der Waals surface area contributed by atoms with Gasteiger partial charge in [0.05, 0.1) is 13.2 Å². The van der Waals surface area contributed by atoms with Crippen LogP contribution >= 0.6 is 11.6 Å². The van der Waals surface area contributed by atoms with Crippen LogP contribution in [0.15, 0.2) is 48.5 Å². The standard InChI is InChI=1S/C21H21ClN2O3/c22-17-8-6-15(7-9-17)19-14-23(11-12-27-19)21(26)16-3-1-4-18(13-16)24-10-2-5-20(24)25/h1,3-4,6-9,13,19H,2,5,10-12,14H2. The molecule has 2 aromatic rings. The van der Waals surface area contributed by atoms with Gasteiger partial charge in [0.15, 0.2) is 0 Å². The van der Waals surface area contributed by atoms with Crippen molar-refractivity contribution in [3.05, 3.63) is 64.7 Å². The Bertz CT molecular complexity index is 853. The number of anilines is 1. The molecule has 2 aliphatic rings. The van der Waals surface area contributed by atoms with Gasteiger partial charge in [-0.1, -0.05) is 29.8 Å². The Balaban J connectivity index is 1.50. The molecule has 1 unspecified atom stereocenters. The molecule has 2 saturated heterocycles. The molecule has 2 heterocycles. The molecular formula is C21H21ClN2O3. The predicted octanol–water partition coefficient (Wildman–Crippen LogP) is 3.68. The van der Waals surface area contributed by atoms with Gasteiger partial charge in [-0.25, -0.2) is 0 Å². The van der Waals surface area contributed by atoms with Crippen LogP contribution < -0.4 is 4.90 Å². The van der Waals surface area contributed by atoms with Gasteiger partial charge in [-0.15, -0.1) is 0 Å². The first kappa shape index (κ1) is 18.0. The molecule has 4 rings (SSSR count). The van der Waals surface area contributed by atoms with Gasteiger partial charge in [0.1, 0.15) is 6.10 Å². The fourth-order valence-electron chi connectivity index (χ4n) is 3.62. The Morgan fingerprint density at radius 2 is 1.93 bits per heavy atom. The third-order valence-electron chi connectivity index (χ3n) is 5.07. The minimum Gasteiger partial charge on any atom is -0.370 e. The molecule has 6 heteroatoms. The molecule has 2 amide bonds. The number of rotatable bonds is 3. The molecule has 2 fully saturated rings. The number of ether oxygens (including phenoxy) is 1. The molecular weight excluding hydrogens is 364 g/mol. The highest BCUT2D eigenvalue weighted by molar-refractivity contribution is 6.30. The van der Waals surface area contributed by atoms with Crippen molar-refractivity contribution in [3.63, 3.8) is 0 Å². The van der Waals surface area contributed by atoms with Crippen LogP contribution in [-0.2, 0) is 9.53 Å². The summed E-state index contributed by atoms with van der Waals surface area (Å²) in [6.07, 6.45) is 1.27. The van der Waals surface area contributed by atoms with E-state index in [9.17, 15) is 9.59 Å². The molecule has 0 radical (unpaired) electrons. The van der Waals surface area contributed by atoms with E-state index in [1.807, 2.05) is 47.4 Å². The first-order chi connectivity index (χ1) is 13.1. The highest BCUT2D eigenvalue weighted by Crippen LogP contribution is 2.26. The van der Waals surface area contributed by atoms with E-state index in [2.05, 4.69) is 0 Å². The molecule has 1 atom stereocenters. The molecule has 5 nitrogen and oxygen atoms in total. The summed E-state index contributed by atoms with van der Waals surface area (Å²) in [5, 5.41) is 0.677. The summed E-state index contributed by atoms with van der Waals surface area (Å²) in [6.45, 7) is 2.25. The first-order valence-corrected chi connectivity index (χ1v) is 9.56. The Kier molecular flexibility index (Phi) is 5.14. The Hall–Kier alpha value is -2.37. The number of carbonyl (C=O) groups is 2. The van der Waals surface area contributed by atoms with Crippen LogP contribution in [0.2, 0.25) is 5.02 Å². The maximum atomic E-state index is 13.0. The van der Waals surface area contributed by atoms with Crippen LogP contribution in [0.4, 0.5) is 5.69 Å². The Morgan fingerprint density at radius 1 is 1.11 bits per heavy atom. The first-order valence-electron chi connectivity index (χ1n) is 9.18. The average Bonchev–Trinajstić information content (AvgIpc) is 3.14. The number of benzene rings is 2. The number of hydrogen-bond donors (Lipinski definition) is 0. The minimum absolute atomic E-state index is 0.0363. The second-order valence-electron chi connectivity index (χ2n) is 6.86. The van der Waals surface area contributed by atoms with Gasteiger partial charge in [0, 0.05) is 35.8 Å². The topological polar surface area (TPSA) is 49.9 Å². The molecule has 0 saturated carbocycles. The zero-order chi connectivity index (χ0) is 18.8. The van der Waals surface area contributed by atoms with Crippen LogP contribution in [0.1, 0.15) is 34.9 Å². The number of amides is 2. The minimum atomic E-state index is -0.164. The number of hydrogen-bond acceptors (Lipinski definition) is 3. The third kappa shape index (κ3) is 3.84. The highest BCUT2D eigenvalue weighted by atomic mass is 35.5. The quantitative estimate of drug-likeness (QED) is 0.811. The molecule has 2 aromatic carbocycles.